The molecule has 7 nitrogen and oxygen atoms in total. The number of halogens is 2. The molecule has 1 aliphatic heterocycles. The van der Waals surface area contributed by atoms with Gasteiger partial charge in [0.05, 0.1) is 24.5 Å². The van der Waals surface area contributed by atoms with Crippen molar-refractivity contribution in [2.75, 3.05) is 13.2 Å². The summed E-state index contributed by atoms with van der Waals surface area (Å²) in [6.07, 6.45) is 1.37. The van der Waals surface area contributed by atoms with Crippen LogP contribution < -0.4 is 0 Å². The van der Waals surface area contributed by atoms with E-state index < -0.39 is 29.7 Å². The minimum Gasteiger partial charge on any atom is -0.464 e. The number of aromatic amines is 1. The van der Waals surface area contributed by atoms with Crippen LogP contribution in [0.25, 0.3) is 16.5 Å². The van der Waals surface area contributed by atoms with Crippen LogP contribution in [0, 0.1) is 5.82 Å². The number of esters is 2. The molecule has 0 fully saturated rings. The van der Waals surface area contributed by atoms with E-state index in [-0.39, 0.29) is 30.8 Å². The highest BCUT2D eigenvalue weighted by Crippen LogP contribution is 2.35. The zero-order valence-corrected chi connectivity index (χ0v) is 20.1. The van der Waals surface area contributed by atoms with Gasteiger partial charge in [-0.15, -0.1) is 0 Å². The molecule has 4 rings (SSSR count). The van der Waals surface area contributed by atoms with Crippen molar-refractivity contribution in [3.8, 4) is 0 Å². The maximum Gasteiger partial charge on any atom is 0.341 e. The third kappa shape index (κ3) is 4.48. The van der Waals surface area contributed by atoms with Gasteiger partial charge in [0, 0.05) is 33.6 Å². The molecule has 2 aromatic carbocycles. The molecule has 0 radical (unpaired) electrons. The number of nitrogens with one attached hydrogen (secondary N) is 1. The molecule has 0 saturated carbocycles. The second-order valence-corrected chi connectivity index (χ2v) is 8.54. The second kappa shape index (κ2) is 9.80. The lowest BCUT2D eigenvalue weighted by atomic mass is 10.0. The number of hydrogen-bond donors (Lipinski definition) is 1. The van der Waals surface area contributed by atoms with Gasteiger partial charge in [0.2, 0.25) is 0 Å². The lowest BCUT2D eigenvalue weighted by Gasteiger charge is -2.26. The molecule has 1 amide bonds. The van der Waals surface area contributed by atoms with Gasteiger partial charge < -0.3 is 14.5 Å². The fourth-order valence-electron chi connectivity index (χ4n) is 4.02. The SMILES string of the molecule is CCOC(=O)C1=CN(C(=O)c2cccc(F)c2)C(C(=O)OCC)Cc2c1[nH]c1cc(Br)ccc21. The molecule has 2 heterocycles. The number of nitrogens with zero attached hydrogens (tertiary/aromatic N) is 1. The van der Waals surface area contributed by atoms with E-state index in [1.54, 1.807) is 13.8 Å². The Morgan fingerprint density at radius 1 is 1.12 bits per heavy atom. The minimum absolute atomic E-state index is 0.0353. The van der Waals surface area contributed by atoms with E-state index in [9.17, 15) is 18.8 Å². The van der Waals surface area contributed by atoms with Crippen LogP contribution in [0.2, 0.25) is 0 Å². The van der Waals surface area contributed by atoms with E-state index >= 15 is 0 Å². The van der Waals surface area contributed by atoms with Crippen LogP contribution in [0.4, 0.5) is 4.39 Å². The summed E-state index contributed by atoms with van der Waals surface area (Å²) >= 11 is 3.44. The molecule has 0 saturated heterocycles. The third-order valence-electron chi connectivity index (χ3n) is 5.50. The van der Waals surface area contributed by atoms with Crippen molar-refractivity contribution in [2.24, 2.45) is 0 Å². The number of ether oxygens (including phenoxy) is 2. The molecule has 34 heavy (non-hydrogen) atoms. The van der Waals surface area contributed by atoms with Gasteiger partial charge in [0.15, 0.2) is 0 Å². The Hall–Kier alpha value is -3.46. The largest absolute Gasteiger partial charge is 0.464 e. The van der Waals surface area contributed by atoms with Crippen molar-refractivity contribution in [1.82, 2.24) is 9.88 Å². The average molecular weight is 529 g/mol. The summed E-state index contributed by atoms with van der Waals surface area (Å²) in [6.45, 7) is 3.58. The van der Waals surface area contributed by atoms with E-state index in [2.05, 4.69) is 20.9 Å². The summed E-state index contributed by atoms with van der Waals surface area (Å²) in [6, 6.07) is 9.65. The molecular formula is C25H22BrFN2O5. The van der Waals surface area contributed by atoms with Crippen molar-refractivity contribution in [1.29, 1.82) is 0 Å². The number of benzene rings is 2. The van der Waals surface area contributed by atoms with Gasteiger partial charge in [0.1, 0.15) is 11.9 Å². The van der Waals surface area contributed by atoms with Crippen molar-refractivity contribution in [2.45, 2.75) is 26.3 Å². The average Bonchev–Trinajstić information content (AvgIpc) is 3.05. The van der Waals surface area contributed by atoms with Gasteiger partial charge in [-0.3, -0.25) is 9.69 Å². The smallest absolute Gasteiger partial charge is 0.341 e. The van der Waals surface area contributed by atoms with Crippen LogP contribution in [0.5, 0.6) is 0 Å². The van der Waals surface area contributed by atoms with Gasteiger partial charge in [0.25, 0.3) is 5.91 Å². The molecule has 3 aromatic rings. The summed E-state index contributed by atoms with van der Waals surface area (Å²) in [5.41, 5.74) is 2.00. The van der Waals surface area contributed by atoms with E-state index in [1.165, 1.54) is 24.4 Å². The van der Waals surface area contributed by atoms with Gasteiger partial charge in [-0.05, 0) is 49.7 Å². The van der Waals surface area contributed by atoms with E-state index in [1.807, 2.05) is 18.2 Å². The second-order valence-electron chi connectivity index (χ2n) is 7.63. The quantitative estimate of drug-likeness (QED) is 0.488. The number of rotatable bonds is 5. The van der Waals surface area contributed by atoms with Gasteiger partial charge in [-0.1, -0.05) is 28.1 Å². The monoisotopic (exact) mass is 528 g/mol. The molecule has 9 heteroatoms. The summed E-state index contributed by atoms with van der Waals surface area (Å²) in [4.78, 5) is 43.9. The van der Waals surface area contributed by atoms with E-state index in [0.717, 1.165) is 26.3 Å². The summed E-state index contributed by atoms with van der Waals surface area (Å²) < 4.78 is 25.2. The van der Waals surface area contributed by atoms with Gasteiger partial charge >= 0.3 is 11.9 Å². The minimum atomic E-state index is -1.08. The van der Waals surface area contributed by atoms with Crippen LogP contribution in [0.1, 0.15) is 35.5 Å². The Bertz CT molecular complexity index is 1320. The highest BCUT2D eigenvalue weighted by molar-refractivity contribution is 9.10. The summed E-state index contributed by atoms with van der Waals surface area (Å²) in [5, 5.41) is 0.794. The lowest BCUT2D eigenvalue weighted by Crippen LogP contribution is -2.44. The number of fused-ring (bicyclic) bond motifs is 3. The Balaban J connectivity index is 1.93. The van der Waals surface area contributed by atoms with Crippen LogP contribution >= 0.6 is 15.9 Å². The molecule has 0 bridgehead atoms. The topological polar surface area (TPSA) is 88.7 Å². The molecule has 1 atom stereocenters. The summed E-state index contributed by atoms with van der Waals surface area (Å²) in [7, 11) is 0. The molecule has 0 aliphatic carbocycles. The number of amides is 1. The first-order valence-electron chi connectivity index (χ1n) is 10.8. The number of carbonyl (C=O) groups excluding carboxylic acids is 3. The van der Waals surface area contributed by atoms with E-state index in [4.69, 9.17) is 9.47 Å². The molecular weight excluding hydrogens is 507 g/mol. The van der Waals surface area contributed by atoms with E-state index in [0.29, 0.717) is 11.3 Å². The molecule has 1 aliphatic rings. The lowest BCUT2D eigenvalue weighted by molar-refractivity contribution is -0.147. The van der Waals surface area contributed by atoms with Crippen LogP contribution in [-0.2, 0) is 25.5 Å². The van der Waals surface area contributed by atoms with Crippen molar-refractivity contribution >= 4 is 50.3 Å². The molecule has 176 valence electrons. The number of H-pyrrole nitrogens is 1. The van der Waals surface area contributed by atoms with Gasteiger partial charge in [-0.25, -0.2) is 14.0 Å². The molecule has 1 aromatic heterocycles. The Kier molecular flexibility index (Phi) is 6.83. The molecule has 1 unspecified atom stereocenters. The summed E-state index contributed by atoms with van der Waals surface area (Å²) in [5.74, 6) is -2.52. The first kappa shape index (κ1) is 23.7. The Labute approximate surface area is 203 Å². The Morgan fingerprint density at radius 3 is 2.59 bits per heavy atom. The van der Waals surface area contributed by atoms with Crippen molar-refractivity contribution in [3.63, 3.8) is 0 Å². The zero-order valence-electron chi connectivity index (χ0n) is 18.6. The fourth-order valence-corrected chi connectivity index (χ4v) is 4.39. The van der Waals surface area contributed by atoms with Crippen molar-refractivity contribution in [3.05, 3.63) is 75.8 Å². The number of hydrogen-bond acceptors (Lipinski definition) is 5. The molecule has 0 spiro atoms. The standard InChI is InChI=1S/C25H22BrFN2O5/c1-3-33-24(31)19-13-29(23(30)14-6-5-7-16(27)10-14)21(25(32)34-4-2)12-18-17-9-8-15(26)11-20(17)28-22(18)19/h5-11,13,21,28H,3-4,12H2,1-2H3. The molecule has 1 N–H and O–H groups in total. The first-order valence-corrected chi connectivity index (χ1v) is 11.6. The van der Waals surface area contributed by atoms with Crippen LogP contribution in [0.3, 0.4) is 0 Å². The van der Waals surface area contributed by atoms with Crippen molar-refractivity contribution < 1.29 is 28.2 Å². The third-order valence-corrected chi connectivity index (χ3v) is 5.99. The van der Waals surface area contributed by atoms with Gasteiger partial charge in [-0.2, -0.15) is 0 Å². The highest BCUT2D eigenvalue weighted by Gasteiger charge is 2.37. The predicted octanol–water partition coefficient (Wildman–Crippen LogP) is 4.60. The Morgan fingerprint density at radius 2 is 1.88 bits per heavy atom. The van der Waals surface area contributed by atoms with Crippen LogP contribution in [-0.4, -0.2) is 47.0 Å². The zero-order chi connectivity index (χ0) is 24.4. The normalized spacial score (nSPS) is 15.4. The maximum atomic E-state index is 13.9. The highest BCUT2D eigenvalue weighted by atomic mass is 79.9. The maximum absolute atomic E-state index is 13.9. The number of aromatic nitrogens is 1. The van der Waals surface area contributed by atoms with Crippen LogP contribution in [0.15, 0.2) is 53.1 Å². The fraction of sp³-hybridized carbons (Fsp3) is 0.240. The first-order chi connectivity index (χ1) is 16.3. The predicted molar refractivity (Wildman–Crippen MR) is 127 cm³/mol. The number of carbonyl (C=O) groups is 3.